The molecule has 0 spiro atoms. The molecule has 0 aliphatic rings. The van der Waals surface area contributed by atoms with E-state index in [-0.39, 0.29) is 18.7 Å². The standard InChI is InChI=1S/C11H22N2O3/c1-3-12-8-5-9-13(4-2)10(14)6-7-11(15)16/h12H,3-9H2,1-2H3,(H,15,16). The second-order valence-corrected chi connectivity index (χ2v) is 3.57. The fourth-order valence-corrected chi connectivity index (χ4v) is 1.40. The van der Waals surface area contributed by atoms with Crippen LogP contribution in [-0.4, -0.2) is 48.1 Å². The predicted molar refractivity (Wildman–Crippen MR) is 62.3 cm³/mol. The van der Waals surface area contributed by atoms with E-state index >= 15 is 0 Å². The van der Waals surface area contributed by atoms with Gasteiger partial charge in [0, 0.05) is 19.5 Å². The summed E-state index contributed by atoms with van der Waals surface area (Å²) < 4.78 is 0. The van der Waals surface area contributed by atoms with Crippen LogP contribution in [-0.2, 0) is 9.59 Å². The van der Waals surface area contributed by atoms with E-state index in [0.717, 1.165) is 19.5 Å². The number of amides is 1. The molecule has 0 saturated carbocycles. The van der Waals surface area contributed by atoms with E-state index in [1.807, 2.05) is 13.8 Å². The summed E-state index contributed by atoms with van der Waals surface area (Å²) in [6, 6.07) is 0. The van der Waals surface area contributed by atoms with Crippen molar-refractivity contribution in [2.45, 2.75) is 33.1 Å². The Bertz CT molecular complexity index is 219. The minimum Gasteiger partial charge on any atom is -0.481 e. The average Bonchev–Trinajstić information content (AvgIpc) is 2.26. The van der Waals surface area contributed by atoms with Crippen LogP contribution >= 0.6 is 0 Å². The largest absolute Gasteiger partial charge is 0.481 e. The molecule has 0 fully saturated rings. The van der Waals surface area contributed by atoms with Crippen molar-refractivity contribution in [1.82, 2.24) is 10.2 Å². The van der Waals surface area contributed by atoms with Crippen molar-refractivity contribution >= 4 is 11.9 Å². The third-order valence-electron chi connectivity index (χ3n) is 2.32. The molecule has 5 heteroatoms. The van der Waals surface area contributed by atoms with Crippen molar-refractivity contribution < 1.29 is 14.7 Å². The van der Waals surface area contributed by atoms with Crippen LogP contribution in [0.1, 0.15) is 33.1 Å². The number of aliphatic carboxylic acids is 1. The lowest BCUT2D eigenvalue weighted by Gasteiger charge is -2.20. The van der Waals surface area contributed by atoms with Crippen molar-refractivity contribution in [3.63, 3.8) is 0 Å². The Kier molecular flexibility index (Phi) is 8.52. The first-order valence-corrected chi connectivity index (χ1v) is 5.82. The Morgan fingerprint density at radius 3 is 2.44 bits per heavy atom. The highest BCUT2D eigenvalue weighted by molar-refractivity contribution is 5.80. The minimum atomic E-state index is -0.919. The monoisotopic (exact) mass is 230 g/mol. The topological polar surface area (TPSA) is 69.6 Å². The lowest BCUT2D eigenvalue weighted by atomic mass is 10.2. The quantitative estimate of drug-likeness (QED) is 0.572. The second kappa shape index (κ2) is 9.15. The first kappa shape index (κ1) is 14.9. The number of nitrogens with zero attached hydrogens (tertiary/aromatic N) is 1. The van der Waals surface area contributed by atoms with Crippen molar-refractivity contribution in [2.24, 2.45) is 0 Å². The van der Waals surface area contributed by atoms with Gasteiger partial charge in [-0.3, -0.25) is 9.59 Å². The zero-order valence-corrected chi connectivity index (χ0v) is 10.2. The number of carboxylic acids is 1. The van der Waals surface area contributed by atoms with Crippen LogP contribution in [0.4, 0.5) is 0 Å². The molecule has 0 aliphatic heterocycles. The molecule has 0 aromatic carbocycles. The number of carboxylic acid groups (broad SMARTS) is 1. The number of hydrogen-bond acceptors (Lipinski definition) is 3. The van der Waals surface area contributed by atoms with Gasteiger partial charge < -0.3 is 15.3 Å². The highest BCUT2D eigenvalue weighted by Crippen LogP contribution is 1.99. The Balaban J connectivity index is 3.78. The van der Waals surface area contributed by atoms with Crippen LogP contribution in [0.5, 0.6) is 0 Å². The summed E-state index contributed by atoms with van der Waals surface area (Å²) in [6.45, 7) is 7.10. The lowest BCUT2D eigenvalue weighted by molar-refractivity contribution is -0.140. The van der Waals surface area contributed by atoms with Crippen molar-refractivity contribution in [3.05, 3.63) is 0 Å². The minimum absolute atomic E-state index is 0.0681. The summed E-state index contributed by atoms with van der Waals surface area (Å²) in [5.41, 5.74) is 0. The van der Waals surface area contributed by atoms with Gasteiger partial charge >= 0.3 is 5.97 Å². The van der Waals surface area contributed by atoms with E-state index in [9.17, 15) is 9.59 Å². The van der Waals surface area contributed by atoms with Crippen molar-refractivity contribution in [2.75, 3.05) is 26.2 Å². The molecule has 0 heterocycles. The van der Waals surface area contributed by atoms with Gasteiger partial charge in [0.1, 0.15) is 0 Å². The third-order valence-corrected chi connectivity index (χ3v) is 2.32. The maximum absolute atomic E-state index is 11.6. The van der Waals surface area contributed by atoms with Gasteiger partial charge in [0.15, 0.2) is 0 Å². The summed E-state index contributed by atoms with van der Waals surface area (Å²) in [5.74, 6) is -0.988. The van der Waals surface area contributed by atoms with Crippen LogP contribution < -0.4 is 5.32 Å². The van der Waals surface area contributed by atoms with Crippen LogP contribution in [0.2, 0.25) is 0 Å². The van der Waals surface area contributed by atoms with Gasteiger partial charge in [0.25, 0.3) is 0 Å². The smallest absolute Gasteiger partial charge is 0.303 e. The number of carbonyl (C=O) groups is 2. The van der Waals surface area contributed by atoms with Gasteiger partial charge in [-0.2, -0.15) is 0 Å². The summed E-state index contributed by atoms with van der Waals surface area (Å²) in [5, 5.41) is 11.7. The van der Waals surface area contributed by atoms with Gasteiger partial charge in [-0.25, -0.2) is 0 Å². The molecule has 5 nitrogen and oxygen atoms in total. The zero-order chi connectivity index (χ0) is 12.4. The molecule has 0 atom stereocenters. The molecule has 16 heavy (non-hydrogen) atoms. The van der Waals surface area contributed by atoms with Crippen LogP contribution in [0, 0.1) is 0 Å². The van der Waals surface area contributed by atoms with Crippen molar-refractivity contribution in [1.29, 1.82) is 0 Å². The summed E-state index contributed by atoms with van der Waals surface area (Å²) in [7, 11) is 0. The third kappa shape index (κ3) is 7.23. The molecular weight excluding hydrogens is 208 g/mol. The van der Waals surface area contributed by atoms with Gasteiger partial charge in [-0.05, 0) is 26.4 Å². The number of carbonyl (C=O) groups excluding carboxylic acids is 1. The Morgan fingerprint density at radius 2 is 1.94 bits per heavy atom. The molecular formula is C11H22N2O3. The van der Waals surface area contributed by atoms with E-state index in [1.165, 1.54) is 0 Å². The van der Waals surface area contributed by atoms with Gasteiger partial charge in [-0.15, -0.1) is 0 Å². The van der Waals surface area contributed by atoms with Crippen LogP contribution in [0.25, 0.3) is 0 Å². The molecule has 0 radical (unpaired) electrons. The second-order valence-electron chi connectivity index (χ2n) is 3.57. The molecule has 0 saturated heterocycles. The van der Waals surface area contributed by atoms with E-state index < -0.39 is 5.97 Å². The molecule has 0 unspecified atom stereocenters. The zero-order valence-electron chi connectivity index (χ0n) is 10.2. The van der Waals surface area contributed by atoms with E-state index in [2.05, 4.69) is 5.32 Å². The summed E-state index contributed by atoms with van der Waals surface area (Å²) in [4.78, 5) is 23.6. The maximum atomic E-state index is 11.6. The first-order chi connectivity index (χ1) is 7.61. The average molecular weight is 230 g/mol. The molecule has 2 N–H and O–H groups in total. The van der Waals surface area contributed by atoms with Crippen LogP contribution in [0.15, 0.2) is 0 Å². The highest BCUT2D eigenvalue weighted by atomic mass is 16.4. The van der Waals surface area contributed by atoms with Gasteiger partial charge in [0.2, 0.25) is 5.91 Å². The molecule has 0 aliphatic carbocycles. The Hall–Kier alpha value is -1.10. The summed E-state index contributed by atoms with van der Waals surface area (Å²) >= 11 is 0. The number of hydrogen-bond donors (Lipinski definition) is 2. The van der Waals surface area contributed by atoms with Gasteiger partial charge in [0.05, 0.1) is 6.42 Å². The van der Waals surface area contributed by atoms with E-state index in [1.54, 1.807) is 4.90 Å². The molecule has 94 valence electrons. The predicted octanol–water partition coefficient (Wildman–Crippen LogP) is 0.699. The maximum Gasteiger partial charge on any atom is 0.303 e. The summed E-state index contributed by atoms with van der Waals surface area (Å²) in [6.07, 6.45) is 0.924. The van der Waals surface area contributed by atoms with E-state index in [0.29, 0.717) is 13.1 Å². The highest BCUT2D eigenvalue weighted by Gasteiger charge is 2.12. The Labute approximate surface area is 96.8 Å². The fourth-order valence-electron chi connectivity index (χ4n) is 1.40. The molecule has 0 rings (SSSR count). The number of nitrogens with one attached hydrogen (secondary N) is 1. The first-order valence-electron chi connectivity index (χ1n) is 5.82. The fraction of sp³-hybridized carbons (Fsp3) is 0.818. The molecule has 0 bridgehead atoms. The van der Waals surface area contributed by atoms with Crippen LogP contribution in [0.3, 0.4) is 0 Å². The van der Waals surface area contributed by atoms with E-state index in [4.69, 9.17) is 5.11 Å². The van der Waals surface area contributed by atoms with Crippen molar-refractivity contribution in [3.8, 4) is 0 Å². The normalized spacial score (nSPS) is 10.1. The molecule has 1 amide bonds. The van der Waals surface area contributed by atoms with Gasteiger partial charge in [-0.1, -0.05) is 6.92 Å². The molecule has 0 aromatic heterocycles. The lowest BCUT2D eigenvalue weighted by Crippen LogP contribution is -2.33. The Morgan fingerprint density at radius 1 is 1.25 bits per heavy atom. The molecule has 0 aromatic rings. The number of rotatable bonds is 9. The SMILES string of the molecule is CCNCCCN(CC)C(=O)CCC(=O)O.